The molecule has 1 fully saturated rings. The molecule has 1 aliphatic rings. The number of hydrogen-bond acceptors (Lipinski definition) is 4. The lowest BCUT2D eigenvalue weighted by Crippen LogP contribution is -2.30. The van der Waals surface area contributed by atoms with Crippen molar-refractivity contribution in [3.8, 4) is 5.75 Å². The maximum Gasteiger partial charge on any atom is 0.182 e. The molecule has 0 atom stereocenters. The van der Waals surface area contributed by atoms with Crippen molar-refractivity contribution in [1.29, 1.82) is 0 Å². The lowest BCUT2D eigenvalue weighted by atomic mass is 10.1. The summed E-state index contributed by atoms with van der Waals surface area (Å²) in [5.41, 5.74) is 1.52. The number of ketones is 1. The molecular formula is C18H17ClN2O2S. The zero-order valence-electron chi connectivity index (χ0n) is 13.2. The Balaban J connectivity index is 1.71. The SMILES string of the molecule is COc1ccc(N=C2SCCN2CC(=O)c2ccc(Cl)cc2)cc1. The van der Waals surface area contributed by atoms with Gasteiger partial charge >= 0.3 is 0 Å². The Kier molecular flexibility index (Phi) is 5.43. The number of methoxy groups -OCH3 is 1. The van der Waals surface area contributed by atoms with Crippen LogP contribution in [0.5, 0.6) is 5.75 Å². The van der Waals surface area contributed by atoms with Crippen molar-refractivity contribution in [1.82, 2.24) is 4.90 Å². The van der Waals surface area contributed by atoms with Crippen molar-refractivity contribution in [3.05, 3.63) is 59.1 Å². The van der Waals surface area contributed by atoms with E-state index in [4.69, 9.17) is 16.3 Å². The Hall–Kier alpha value is -1.98. The second-order valence-corrected chi connectivity index (χ2v) is 6.79. The molecule has 0 N–H and O–H groups in total. The van der Waals surface area contributed by atoms with Gasteiger partial charge in [-0.05, 0) is 48.5 Å². The number of thioether (sulfide) groups is 1. The van der Waals surface area contributed by atoms with Crippen LogP contribution in [0.15, 0.2) is 53.5 Å². The predicted octanol–water partition coefficient (Wildman–Crippen LogP) is 4.27. The number of halogens is 1. The van der Waals surface area contributed by atoms with Gasteiger partial charge in [0.1, 0.15) is 5.75 Å². The molecule has 4 nitrogen and oxygen atoms in total. The van der Waals surface area contributed by atoms with E-state index in [0.717, 1.165) is 28.9 Å². The summed E-state index contributed by atoms with van der Waals surface area (Å²) in [7, 11) is 1.64. The smallest absolute Gasteiger partial charge is 0.182 e. The number of hydrogen-bond donors (Lipinski definition) is 0. The Bertz CT molecular complexity index is 745. The fourth-order valence-corrected chi connectivity index (χ4v) is 3.48. The van der Waals surface area contributed by atoms with Crippen LogP contribution in [-0.4, -0.2) is 41.8 Å². The molecule has 1 heterocycles. The Morgan fingerprint density at radius 2 is 1.92 bits per heavy atom. The summed E-state index contributed by atoms with van der Waals surface area (Å²) in [6.45, 7) is 1.14. The van der Waals surface area contributed by atoms with E-state index in [9.17, 15) is 4.79 Å². The summed E-state index contributed by atoms with van der Waals surface area (Å²) in [6.07, 6.45) is 0. The summed E-state index contributed by atoms with van der Waals surface area (Å²) in [6, 6.07) is 14.6. The number of amidine groups is 1. The van der Waals surface area contributed by atoms with E-state index >= 15 is 0 Å². The molecule has 0 bridgehead atoms. The Morgan fingerprint density at radius 3 is 2.58 bits per heavy atom. The summed E-state index contributed by atoms with van der Waals surface area (Å²) >= 11 is 7.53. The number of carbonyl (C=O) groups excluding carboxylic acids is 1. The largest absolute Gasteiger partial charge is 0.497 e. The van der Waals surface area contributed by atoms with Gasteiger partial charge in [-0.25, -0.2) is 4.99 Å². The number of nitrogens with zero attached hydrogens (tertiary/aromatic N) is 2. The van der Waals surface area contributed by atoms with Gasteiger partial charge in [0, 0.05) is 22.9 Å². The molecule has 24 heavy (non-hydrogen) atoms. The van der Waals surface area contributed by atoms with E-state index in [-0.39, 0.29) is 5.78 Å². The van der Waals surface area contributed by atoms with E-state index in [2.05, 4.69) is 4.99 Å². The van der Waals surface area contributed by atoms with E-state index in [1.165, 1.54) is 0 Å². The molecule has 0 amide bonds. The lowest BCUT2D eigenvalue weighted by Gasteiger charge is -2.17. The van der Waals surface area contributed by atoms with Gasteiger partial charge in [0.2, 0.25) is 0 Å². The molecule has 0 saturated carbocycles. The van der Waals surface area contributed by atoms with Crippen molar-refractivity contribution < 1.29 is 9.53 Å². The van der Waals surface area contributed by atoms with Crippen LogP contribution in [0.1, 0.15) is 10.4 Å². The van der Waals surface area contributed by atoms with Crippen LogP contribution < -0.4 is 4.74 Å². The lowest BCUT2D eigenvalue weighted by molar-refractivity contribution is 0.0967. The Labute approximate surface area is 150 Å². The van der Waals surface area contributed by atoms with Crippen molar-refractivity contribution >= 4 is 40.0 Å². The minimum Gasteiger partial charge on any atom is -0.497 e. The molecule has 6 heteroatoms. The monoisotopic (exact) mass is 360 g/mol. The van der Waals surface area contributed by atoms with Gasteiger partial charge in [0.15, 0.2) is 11.0 Å². The zero-order chi connectivity index (χ0) is 16.9. The maximum atomic E-state index is 12.4. The van der Waals surface area contributed by atoms with Crippen LogP contribution >= 0.6 is 23.4 Å². The molecule has 0 unspecified atom stereocenters. The topological polar surface area (TPSA) is 41.9 Å². The highest BCUT2D eigenvalue weighted by Crippen LogP contribution is 2.24. The zero-order valence-corrected chi connectivity index (χ0v) is 14.8. The standard InChI is InChI=1S/C18H17ClN2O2S/c1-23-16-8-6-15(7-9-16)20-18-21(10-11-24-18)12-17(22)13-2-4-14(19)5-3-13/h2-9H,10-12H2,1H3. The van der Waals surface area contributed by atoms with Gasteiger partial charge in [-0.2, -0.15) is 0 Å². The van der Waals surface area contributed by atoms with Gasteiger partial charge in [-0.1, -0.05) is 23.4 Å². The van der Waals surface area contributed by atoms with E-state index in [1.807, 2.05) is 29.2 Å². The fraction of sp³-hybridized carbons (Fsp3) is 0.222. The molecular weight excluding hydrogens is 344 g/mol. The van der Waals surface area contributed by atoms with Gasteiger partial charge in [0.25, 0.3) is 0 Å². The minimum absolute atomic E-state index is 0.0663. The predicted molar refractivity (Wildman–Crippen MR) is 99.9 cm³/mol. The normalized spacial score (nSPS) is 15.8. The number of benzene rings is 2. The first-order chi connectivity index (χ1) is 11.7. The third-order valence-corrected chi connectivity index (χ3v) is 4.91. The van der Waals surface area contributed by atoms with Crippen LogP contribution in [0.4, 0.5) is 5.69 Å². The summed E-state index contributed by atoms with van der Waals surface area (Å²) in [5, 5.41) is 1.51. The molecule has 0 spiro atoms. The molecule has 2 aromatic rings. The number of aliphatic imine (C=N–C) groups is 1. The third-order valence-electron chi connectivity index (χ3n) is 3.66. The van der Waals surface area contributed by atoms with Gasteiger partial charge in [-0.15, -0.1) is 0 Å². The van der Waals surface area contributed by atoms with Crippen molar-refractivity contribution in [2.75, 3.05) is 26.0 Å². The van der Waals surface area contributed by atoms with Gasteiger partial charge in [-0.3, -0.25) is 4.79 Å². The molecule has 1 saturated heterocycles. The molecule has 1 aliphatic heterocycles. The molecule has 0 aromatic heterocycles. The second-order valence-electron chi connectivity index (χ2n) is 5.29. The van der Waals surface area contributed by atoms with Crippen LogP contribution in [0.3, 0.4) is 0 Å². The van der Waals surface area contributed by atoms with Crippen LogP contribution in [0.25, 0.3) is 0 Å². The first kappa shape index (κ1) is 16.9. The maximum absolute atomic E-state index is 12.4. The first-order valence-electron chi connectivity index (χ1n) is 7.55. The summed E-state index contributed by atoms with van der Waals surface area (Å²) < 4.78 is 5.15. The molecule has 0 radical (unpaired) electrons. The van der Waals surface area contributed by atoms with E-state index < -0.39 is 0 Å². The van der Waals surface area contributed by atoms with Gasteiger partial charge < -0.3 is 9.64 Å². The Morgan fingerprint density at radius 1 is 1.21 bits per heavy atom. The van der Waals surface area contributed by atoms with Crippen molar-refractivity contribution in [2.24, 2.45) is 4.99 Å². The van der Waals surface area contributed by atoms with Crippen LogP contribution in [0, 0.1) is 0 Å². The summed E-state index contributed by atoms with van der Waals surface area (Å²) in [4.78, 5) is 19.1. The van der Waals surface area contributed by atoms with Crippen LogP contribution in [-0.2, 0) is 0 Å². The fourth-order valence-electron chi connectivity index (χ4n) is 2.35. The molecule has 124 valence electrons. The highest BCUT2D eigenvalue weighted by atomic mass is 35.5. The number of ether oxygens (including phenoxy) is 1. The number of Topliss-reactive ketones (excluding diaryl/α,β-unsaturated/α-hetero) is 1. The highest BCUT2D eigenvalue weighted by Gasteiger charge is 2.22. The van der Waals surface area contributed by atoms with E-state index in [0.29, 0.717) is 17.1 Å². The third kappa shape index (κ3) is 4.10. The highest BCUT2D eigenvalue weighted by molar-refractivity contribution is 8.14. The number of rotatable bonds is 5. The second kappa shape index (κ2) is 7.73. The van der Waals surface area contributed by atoms with Crippen molar-refractivity contribution in [2.45, 2.75) is 0 Å². The molecule has 2 aromatic carbocycles. The average molecular weight is 361 g/mol. The quantitative estimate of drug-likeness (QED) is 0.747. The first-order valence-corrected chi connectivity index (χ1v) is 8.91. The van der Waals surface area contributed by atoms with Gasteiger partial charge in [0.05, 0.1) is 19.3 Å². The van der Waals surface area contributed by atoms with Crippen LogP contribution in [0.2, 0.25) is 5.02 Å². The molecule has 0 aliphatic carbocycles. The van der Waals surface area contributed by atoms with Crippen molar-refractivity contribution in [3.63, 3.8) is 0 Å². The molecule has 3 rings (SSSR count). The summed E-state index contributed by atoms with van der Waals surface area (Å²) in [5.74, 6) is 1.80. The number of carbonyl (C=O) groups is 1. The van der Waals surface area contributed by atoms with E-state index in [1.54, 1.807) is 43.1 Å². The minimum atomic E-state index is 0.0663. The average Bonchev–Trinajstić information content (AvgIpc) is 3.03.